The van der Waals surface area contributed by atoms with Crippen LogP contribution in [-0.2, 0) is 0 Å². The van der Waals surface area contributed by atoms with Crippen molar-refractivity contribution in [3.05, 3.63) is 0 Å². The Bertz CT molecular complexity index is 188. The van der Waals surface area contributed by atoms with E-state index in [0.29, 0.717) is 5.92 Å². The van der Waals surface area contributed by atoms with Gasteiger partial charge in [0.1, 0.15) is 0 Å². The quantitative estimate of drug-likeness (QED) is 0.737. The van der Waals surface area contributed by atoms with E-state index in [1.54, 1.807) is 0 Å². The Kier molecular flexibility index (Phi) is 5.30. The van der Waals surface area contributed by atoms with Crippen molar-refractivity contribution in [2.45, 2.75) is 78.2 Å². The van der Waals surface area contributed by atoms with Gasteiger partial charge in [0.05, 0.1) is 5.60 Å². The van der Waals surface area contributed by atoms with Gasteiger partial charge in [-0.1, -0.05) is 46.5 Å². The first-order valence-corrected chi connectivity index (χ1v) is 7.14. The van der Waals surface area contributed by atoms with Crippen molar-refractivity contribution in [3.63, 3.8) is 0 Å². The Labute approximate surface area is 102 Å². The largest absolute Gasteiger partial charge is 0.390 e. The lowest BCUT2D eigenvalue weighted by Gasteiger charge is -2.37. The second kappa shape index (κ2) is 6.05. The van der Waals surface area contributed by atoms with Gasteiger partial charge in [-0.2, -0.15) is 0 Å². The SMILES string of the molecule is CC(C)CCCC(C)(O)C1CCC(C)CC1. The van der Waals surface area contributed by atoms with E-state index in [-0.39, 0.29) is 0 Å². The molecule has 1 aliphatic carbocycles. The second-order valence-corrected chi connectivity index (χ2v) is 6.60. The first kappa shape index (κ1) is 14.0. The van der Waals surface area contributed by atoms with Crippen LogP contribution in [0.2, 0.25) is 0 Å². The third-order valence-corrected chi connectivity index (χ3v) is 4.36. The molecule has 0 aromatic heterocycles. The van der Waals surface area contributed by atoms with Gasteiger partial charge in [0.25, 0.3) is 0 Å². The molecule has 0 aromatic rings. The van der Waals surface area contributed by atoms with Crippen molar-refractivity contribution >= 4 is 0 Å². The summed E-state index contributed by atoms with van der Waals surface area (Å²) in [6.45, 7) is 8.92. The minimum Gasteiger partial charge on any atom is -0.390 e. The van der Waals surface area contributed by atoms with Gasteiger partial charge in [-0.3, -0.25) is 0 Å². The highest BCUT2D eigenvalue weighted by atomic mass is 16.3. The van der Waals surface area contributed by atoms with E-state index in [1.807, 2.05) is 0 Å². The second-order valence-electron chi connectivity index (χ2n) is 6.60. The minimum absolute atomic E-state index is 0.408. The van der Waals surface area contributed by atoms with Crippen molar-refractivity contribution in [1.82, 2.24) is 0 Å². The van der Waals surface area contributed by atoms with E-state index in [2.05, 4.69) is 27.7 Å². The molecule has 1 atom stereocenters. The summed E-state index contributed by atoms with van der Waals surface area (Å²) in [6.07, 6.45) is 8.50. The molecule has 0 aliphatic heterocycles. The fourth-order valence-corrected chi connectivity index (χ4v) is 2.95. The Morgan fingerprint density at radius 2 is 1.75 bits per heavy atom. The maximum Gasteiger partial charge on any atom is 0.0647 e. The van der Waals surface area contributed by atoms with Gasteiger partial charge >= 0.3 is 0 Å². The van der Waals surface area contributed by atoms with E-state index in [0.717, 1.165) is 18.3 Å². The zero-order valence-electron chi connectivity index (χ0n) is 11.6. The Hall–Kier alpha value is -0.0400. The first-order chi connectivity index (χ1) is 7.42. The van der Waals surface area contributed by atoms with Crippen molar-refractivity contribution in [3.8, 4) is 0 Å². The average Bonchev–Trinajstić information content (AvgIpc) is 2.17. The molecule has 0 radical (unpaired) electrons. The topological polar surface area (TPSA) is 20.2 Å². The zero-order chi connectivity index (χ0) is 12.2. The van der Waals surface area contributed by atoms with Gasteiger partial charge < -0.3 is 5.11 Å². The fraction of sp³-hybridized carbons (Fsp3) is 1.00. The number of hydrogen-bond acceptors (Lipinski definition) is 1. The molecule has 1 N–H and O–H groups in total. The lowest BCUT2D eigenvalue weighted by molar-refractivity contribution is -0.0303. The summed E-state index contributed by atoms with van der Waals surface area (Å²) in [4.78, 5) is 0. The molecule has 0 amide bonds. The predicted molar refractivity (Wildman–Crippen MR) is 70.4 cm³/mol. The zero-order valence-corrected chi connectivity index (χ0v) is 11.6. The van der Waals surface area contributed by atoms with Gasteiger partial charge in [-0.25, -0.2) is 0 Å². The lowest BCUT2D eigenvalue weighted by atomic mass is 9.73. The smallest absolute Gasteiger partial charge is 0.0647 e. The summed E-state index contributed by atoms with van der Waals surface area (Å²) < 4.78 is 0. The van der Waals surface area contributed by atoms with Gasteiger partial charge in [-0.05, 0) is 43.9 Å². The van der Waals surface area contributed by atoms with Crippen LogP contribution in [0.3, 0.4) is 0 Å². The van der Waals surface area contributed by atoms with Gasteiger partial charge in [-0.15, -0.1) is 0 Å². The molecule has 96 valence electrons. The van der Waals surface area contributed by atoms with Crippen LogP contribution in [-0.4, -0.2) is 10.7 Å². The number of hydrogen-bond donors (Lipinski definition) is 1. The summed E-state index contributed by atoms with van der Waals surface area (Å²) in [5.41, 5.74) is -0.408. The predicted octanol–water partition coefficient (Wildman–Crippen LogP) is 4.39. The molecule has 1 unspecified atom stereocenters. The molecule has 1 nitrogen and oxygen atoms in total. The highest BCUT2D eigenvalue weighted by molar-refractivity contribution is 4.85. The van der Waals surface area contributed by atoms with Crippen LogP contribution in [0.25, 0.3) is 0 Å². The summed E-state index contributed by atoms with van der Waals surface area (Å²) in [6, 6.07) is 0. The summed E-state index contributed by atoms with van der Waals surface area (Å²) in [5.74, 6) is 2.20. The van der Waals surface area contributed by atoms with Crippen molar-refractivity contribution in [2.24, 2.45) is 17.8 Å². The highest BCUT2D eigenvalue weighted by Gasteiger charge is 2.33. The van der Waals surface area contributed by atoms with E-state index in [1.165, 1.54) is 38.5 Å². The summed E-state index contributed by atoms with van der Waals surface area (Å²) in [5, 5.41) is 10.5. The standard InChI is InChI=1S/C15H30O/c1-12(2)6-5-11-15(4,16)14-9-7-13(3)8-10-14/h12-14,16H,5-11H2,1-4H3. The number of rotatable bonds is 5. The molecule has 1 heteroatoms. The Balaban J connectivity index is 2.32. The third kappa shape index (κ3) is 4.45. The monoisotopic (exact) mass is 226 g/mol. The molecule has 0 heterocycles. The first-order valence-electron chi connectivity index (χ1n) is 7.14. The van der Waals surface area contributed by atoms with Crippen molar-refractivity contribution < 1.29 is 5.11 Å². The maximum absolute atomic E-state index is 10.5. The molecule has 1 rings (SSSR count). The normalized spacial score (nSPS) is 30.4. The number of aliphatic hydroxyl groups is 1. The van der Waals surface area contributed by atoms with Crippen LogP contribution in [0.15, 0.2) is 0 Å². The van der Waals surface area contributed by atoms with E-state index in [9.17, 15) is 5.11 Å². The molecule has 1 fully saturated rings. The van der Waals surface area contributed by atoms with Crippen molar-refractivity contribution in [2.75, 3.05) is 0 Å². The van der Waals surface area contributed by atoms with Crippen LogP contribution in [0.1, 0.15) is 72.6 Å². The molecule has 1 saturated carbocycles. The molecule has 16 heavy (non-hydrogen) atoms. The fourth-order valence-electron chi connectivity index (χ4n) is 2.95. The van der Waals surface area contributed by atoms with Gasteiger partial charge in [0, 0.05) is 0 Å². The molecule has 1 aliphatic rings. The summed E-state index contributed by atoms with van der Waals surface area (Å²) >= 11 is 0. The van der Waals surface area contributed by atoms with Crippen LogP contribution >= 0.6 is 0 Å². The molecular formula is C15H30O. The molecular weight excluding hydrogens is 196 g/mol. The highest BCUT2D eigenvalue weighted by Crippen LogP contribution is 2.37. The summed E-state index contributed by atoms with van der Waals surface area (Å²) in [7, 11) is 0. The van der Waals surface area contributed by atoms with E-state index < -0.39 is 5.60 Å². The van der Waals surface area contributed by atoms with Crippen LogP contribution in [0, 0.1) is 17.8 Å². The van der Waals surface area contributed by atoms with Gasteiger partial charge in [0.2, 0.25) is 0 Å². The molecule has 0 bridgehead atoms. The lowest BCUT2D eigenvalue weighted by Crippen LogP contribution is -2.36. The molecule has 0 spiro atoms. The van der Waals surface area contributed by atoms with E-state index >= 15 is 0 Å². The average molecular weight is 226 g/mol. The minimum atomic E-state index is -0.408. The Morgan fingerprint density at radius 3 is 2.25 bits per heavy atom. The third-order valence-electron chi connectivity index (χ3n) is 4.36. The Morgan fingerprint density at radius 1 is 1.19 bits per heavy atom. The van der Waals surface area contributed by atoms with Crippen LogP contribution in [0.5, 0.6) is 0 Å². The molecule has 0 saturated heterocycles. The maximum atomic E-state index is 10.5. The molecule has 0 aromatic carbocycles. The van der Waals surface area contributed by atoms with Crippen LogP contribution in [0.4, 0.5) is 0 Å². The van der Waals surface area contributed by atoms with Crippen LogP contribution < -0.4 is 0 Å². The van der Waals surface area contributed by atoms with Crippen molar-refractivity contribution in [1.29, 1.82) is 0 Å². The van der Waals surface area contributed by atoms with Gasteiger partial charge in [0.15, 0.2) is 0 Å². The van der Waals surface area contributed by atoms with E-state index in [4.69, 9.17) is 0 Å².